The van der Waals surface area contributed by atoms with E-state index in [9.17, 15) is 18.3 Å². The van der Waals surface area contributed by atoms with Crippen molar-refractivity contribution in [3.63, 3.8) is 0 Å². The van der Waals surface area contributed by atoms with Gasteiger partial charge < -0.3 is 15.7 Å². The van der Waals surface area contributed by atoms with Gasteiger partial charge in [-0.15, -0.1) is 0 Å². The SMILES string of the molecule is CCNC(=NCC(O)c1ccc(F)cc1)NC1CCN(Cc2ccc(F)c(F)c2)CC1. The van der Waals surface area contributed by atoms with Gasteiger partial charge in [0.15, 0.2) is 17.6 Å². The van der Waals surface area contributed by atoms with Crippen molar-refractivity contribution in [2.45, 2.75) is 38.5 Å². The Hall–Kier alpha value is -2.58. The fourth-order valence-corrected chi connectivity index (χ4v) is 3.61. The molecule has 0 bridgehead atoms. The molecule has 1 atom stereocenters. The van der Waals surface area contributed by atoms with Crippen molar-refractivity contribution < 1.29 is 18.3 Å². The molecule has 3 rings (SSSR count). The van der Waals surface area contributed by atoms with Crippen LogP contribution in [0.2, 0.25) is 0 Å². The predicted octanol–water partition coefficient (Wildman–Crippen LogP) is 3.36. The number of benzene rings is 2. The maximum atomic E-state index is 13.4. The largest absolute Gasteiger partial charge is 0.386 e. The van der Waals surface area contributed by atoms with Gasteiger partial charge in [0.2, 0.25) is 0 Å². The number of nitrogens with zero attached hydrogens (tertiary/aromatic N) is 2. The highest BCUT2D eigenvalue weighted by atomic mass is 19.2. The van der Waals surface area contributed by atoms with Crippen molar-refractivity contribution in [2.75, 3.05) is 26.2 Å². The molecule has 2 aromatic carbocycles. The van der Waals surface area contributed by atoms with E-state index in [1.54, 1.807) is 18.2 Å². The van der Waals surface area contributed by atoms with Crippen molar-refractivity contribution in [1.82, 2.24) is 15.5 Å². The van der Waals surface area contributed by atoms with E-state index < -0.39 is 17.7 Å². The van der Waals surface area contributed by atoms with Crippen molar-refractivity contribution in [2.24, 2.45) is 4.99 Å². The molecular weight excluding hydrogens is 405 g/mol. The van der Waals surface area contributed by atoms with Crippen molar-refractivity contribution in [1.29, 1.82) is 0 Å². The van der Waals surface area contributed by atoms with E-state index in [1.807, 2.05) is 6.92 Å². The van der Waals surface area contributed by atoms with Crippen LogP contribution < -0.4 is 10.6 Å². The molecule has 0 amide bonds. The molecule has 2 aromatic rings. The molecular formula is C23H29F3N4O. The summed E-state index contributed by atoms with van der Waals surface area (Å²) in [7, 11) is 0. The van der Waals surface area contributed by atoms with Crippen LogP contribution in [0.15, 0.2) is 47.5 Å². The summed E-state index contributed by atoms with van der Waals surface area (Å²) in [5.74, 6) is -1.36. The van der Waals surface area contributed by atoms with Crippen molar-refractivity contribution >= 4 is 5.96 Å². The van der Waals surface area contributed by atoms with Crippen LogP contribution in [0.1, 0.15) is 37.0 Å². The summed E-state index contributed by atoms with van der Waals surface area (Å²) >= 11 is 0. The maximum absolute atomic E-state index is 13.4. The van der Waals surface area contributed by atoms with Crippen LogP contribution in [0.3, 0.4) is 0 Å². The molecule has 3 N–H and O–H groups in total. The summed E-state index contributed by atoms with van der Waals surface area (Å²) in [6, 6.07) is 10.0. The van der Waals surface area contributed by atoms with E-state index in [-0.39, 0.29) is 18.4 Å². The van der Waals surface area contributed by atoms with Gasteiger partial charge in [0.25, 0.3) is 0 Å². The van der Waals surface area contributed by atoms with Gasteiger partial charge in [-0.3, -0.25) is 9.89 Å². The van der Waals surface area contributed by atoms with Crippen LogP contribution >= 0.6 is 0 Å². The molecule has 1 fully saturated rings. The third-order valence-corrected chi connectivity index (χ3v) is 5.34. The average Bonchev–Trinajstić information content (AvgIpc) is 2.76. The number of piperidine rings is 1. The average molecular weight is 435 g/mol. The summed E-state index contributed by atoms with van der Waals surface area (Å²) in [6.45, 7) is 5.06. The lowest BCUT2D eigenvalue weighted by Crippen LogP contribution is -2.48. The summed E-state index contributed by atoms with van der Waals surface area (Å²) in [5.41, 5.74) is 1.38. The number of rotatable bonds is 7. The van der Waals surface area contributed by atoms with Gasteiger partial charge in [-0.2, -0.15) is 0 Å². The van der Waals surface area contributed by atoms with Gasteiger partial charge in [-0.05, 0) is 55.2 Å². The molecule has 168 valence electrons. The van der Waals surface area contributed by atoms with Crippen molar-refractivity contribution in [3.05, 3.63) is 71.0 Å². The second kappa shape index (κ2) is 11.2. The molecule has 5 nitrogen and oxygen atoms in total. The van der Waals surface area contributed by atoms with E-state index in [1.165, 1.54) is 24.3 Å². The highest BCUT2D eigenvalue weighted by Crippen LogP contribution is 2.17. The second-order valence-corrected chi connectivity index (χ2v) is 7.73. The van der Waals surface area contributed by atoms with Crippen LogP contribution in [-0.4, -0.2) is 48.2 Å². The smallest absolute Gasteiger partial charge is 0.191 e. The molecule has 0 aromatic heterocycles. The van der Waals surface area contributed by atoms with Crippen LogP contribution in [0.4, 0.5) is 13.2 Å². The number of aliphatic imine (C=N–C) groups is 1. The molecule has 1 heterocycles. The Morgan fingerprint density at radius 1 is 1.10 bits per heavy atom. The van der Waals surface area contributed by atoms with E-state index in [0.29, 0.717) is 24.6 Å². The molecule has 1 aliphatic heterocycles. The first kappa shape index (κ1) is 23.1. The number of likely N-dealkylation sites (tertiary alicyclic amines) is 1. The molecule has 1 aliphatic rings. The molecule has 0 radical (unpaired) electrons. The highest BCUT2D eigenvalue weighted by molar-refractivity contribution is 5.80. The van der Waals surface area contributed by atoms with Crippen molar-refractivity contribution in [3.8, 4) is 0 Å². The molecule has 31 heavy (non-hydrogen) atoms. The molecule has 8 heteroatoms. The number of aliphatic hydroxyl groups is 1. The standard InChI is InChI=1S/C23H29F3N4O/c1-2-27-23(28-14-22(31)17-4-6-18(24)7-5-17)29-19-9-11-30(12-10-19)15-16-3-8-20(25)21(26)13-16/h3-8,13,19,22,31H,2,9-12,14-15H2,1H3,(H2,27,28,29). The first-order chi connectivity index (χ1) is 14.9. The third kappa shape index (κ3) is 6.97. The topological polar surface area (TPSA) is 59.9 Å². The molecule has 0 saturated carbocycles. The Morgan fingerprint density at radius 2 is 1.81 bits per heavy atom. The third-order valence-electron chi connectivity index (χ3n) is 5.34. The van der Waals surface area contributed by atoms with E-state index >= 15 is 0 Å². The van der Waals surface area contributed by atoms with Gasteiger partial charge in [0, 0.05) is 32.2 Å². The lowest BCUT2D eigenvalue weighted by atomic mass is 10.0. The van der Waals surface area contributed by atoms with E-state index in [4.69, 9.17) is 0 Å². The first-order valence-corrected chi connectivity index (χ1v) is 10.6. The van der Waals surface area contributed by atoms with Crippen LogP contribution in [0, 0.1) is 17.5 Å². The minimum Gasteiger partial charge on any atom is -0.386 e. The lowest BCUT2D eigenvalue weighted by Gasteiger charge is -2.33. The maximum Gasteiger partial charge on any atom is 0.191 e. The van der Waals surface area contributed by atoms with Crippen LogP contribution in [0.5, 0.6) is 0 Å². The Balaban J connectivity index is 1.49. The van der Waals surface area contributed by atoms with E-state index in [0.717, 1.165) is 31.5 Å². The molecule has 0 spiro atoms. The van der Waals surface area contributed by atoms with Gasteiger partial charge in [-0.25, -0.2) is 13.2 Å². The highest BCUT2D eigenvalue weighted by Gasteiger charge is 2.20. The number of guanidine groups is 1. The Labute approximate surface area is 181 Å². The normalized spacial score (nSPS) is 16.9. The lowest BCUT2D eigenvalue weighted by molar-refractivity contribution is 0.186. The fraction of sp³-hybridized carbons (Fsp3) is 0.435. The number of halogens is 3. The second-order valence-electron chi connectivity index (χ2n) is 7.73. The van der Waals surface area contributed by atoms with E-state index in [2.05, 4.69) is 20.5 Å². The zero-order chi connectivity index (χ0) is 22.2. The Kier molecular flexibility index (Phi) is 8.31. The van der Waals surface area contributed by atoms with Crippen LogP contribution in [0.25, 0.3) is 0 Å². The summed E-state index contributed by atoms with van der Waals surface area (Å²) in [6.07, 6.45) is 0.956. The number of nitrogens with one attached hydrogen (secondary N) is 2. The summed E-state index contributed by atoms with van der Waals surface area (Å²) < 4.78 is 39.5. The van der Waals surface area contributed by atoms with Crippen LogP contribution in [-0.2, 0) is 6.54 Å². The minimum atomic E-state index is -0.827. The van der Waals surface area contributed by atoms with Gasteiger partial charge in [0.05, 0.1) is 12.6 Å². The summed E-state index contributed by atoms with van der Waals surface area (Å²) in [5, 5.41) is 16.9. The number of hydrogen-bond acceptors (Lipinski definition) is 3. The molecule has 1 unspecified atom stereocenters. The first-order valence-electron chi connectivity index (χ1n) is 10.6. The monoisotopic (exact) mass is 434 g/mol. The zero-order valence-corrected chi connectivity index (χ0v) is 17.6. The number of hydrogen-bond donors (Lipinski definition) is 3. The summed E-state index contributed by atoms with van der Waals surface area (Å²) in [4.78, 5) is 6.69. The molecule has 1 saturated heterocycles. The predicted molar refractivity (Wildman–Crippen MR) is 115 cm³/mol. The minimum absolute atomic E-state index is 0.163. The van der Waals surface area contributed by atoms with Gasteiger partial charge in [-0.1, -0.05) is 18.2 Å². The number of aliphatic hydroxyl groups excluding tert-OH is 1. The zero-order valence-electron chi connectivity index (χ0n) is 17.6. The quantitative estimate of drug-likeness (QED) is 0.462. The van der Waals surface area contributed by atoms with Gasteiger partial charge >= 0.3 is 0 Å². The fourth-order valence-electron chi connectivity index (χ4n) is 3.61. The Morgan fingerprint density at radius 3 is 2.45 bits per heavy atom. The van der Waals surface area contributed by atoms with Gasteiger partial charge in [0.1, 0.15) is 5.82 Å². The molecule has 0 aliphatic carbocycles. The Bertz CT molecular complexity index is 868.